The van der Waals surface area contributed by atoms with E-state index in [1.807, 2.05) is 41.3 Å². The number of nitrogens with zero attached hydrogens (tertiary/aromatic N) is 2. The summed E-state index contributed by atoms with van der Waals surface area (Å²) in [6.45, 7) is 4.61. The van der Waals surface area contributed by atoms with Gasteiger partial charge in [-0.15, -0.1) is 0 Å². The average Bonchev–Trinajstić information content (AvgIpc) is 2.69. The quantitative estimate of drug-likeness (QED) is 0.889. The maximum absolute atomic E-state index is 12.6. The van der Waals surface area contributed by atoms with Crippen LogP contribution >= 0.6 is 0 Å². The van der Waals surface area contributed by atoms with Gasteiger partial charge in [0.25, 0.3) is 0 Å². The molecular formula is C20H24N4O2. The van der Waals surface area contributed by atoms with E-state index in [1.165, 1.54) is 5.69 Å². The van der Waals surface area contributed by atoms with Crippen molar-refractivity contribution in [2.24, 2.45) is 0 Å². The van der Waals surface area contributed by atoms with Gasteiger partial charge in [-0.05, 0) is 31.2 Å². The number of urea groups is 1. The fourth-order valence-corrected chi connectivity index (χ4v) is 3.04. The van der Waals surface area contributed by atoms with E-state index in [2.05, 4.69) is 27.7 Å². The summed E-state index contributed by atoms with van der Waals surface area (Å²) in [6, 6.07) is 18.4. The van der Waals surface area contributed by atoms with Gasteiger partial charge in [0.2, 0.25) is 5.91 Å². The van der Waals surface area contributed by atoms with Gasteiger partial charge in [0.05, 0.1) is 0 Å². The normalized spacial score (nSPS) is 15.3. The van der Waals surface area contributed by atoms with Crippen LogP contribution in [0.1, 0.15) is 6.92 Å². The van der Waals surface area contributed by atoms with Crippen LogP contribution in [0.5, 0.6) is 0 Å². The molecule has 6 nitrogen and oxygen atoms in total. The first kappa shape index (κ1) is 17.8. The molecule has 1 atom stereocenters. The van der Waals surface area contributed by atoms with Gasteiger partial charge in [-0.1, -0.05) is 36.4 Å². The van der Waals surface area contributed by atoms with Crippen molar-refractivity contribution in [2.45, 2.75) is 13.0 Å². The molecule has 2 aromatic rings. The number of carbonyl (C=O) groups is 2. The first-order chi connectivity index (χ1) is 12.6. The molecular weight excluding hydrogens is 328 g/mol. The first-order valence-corrected chi connectivity index (χ1v) is 8.85. The Labute approximate surface area is 153 Å². The van der Waals surface area contributed by atoms with Gasteiger partial charge in [0, 0.05) is 37.6 Å². The second-order valence-electron chi connectivity index (χ2n) is 6.33. The summed E-state index contributed by atoms with van der Waals surface area (Å²) in [6.07, 6.45) is 0. The molecule has 1 fully saturated rings. The first-order valence-electron chi connectivity index (χ1n) is 8.85. The summed E-state index contributed by atoms with van der Waals surface area (Å²) in [4.78, 5) is 28.7. The molecule has 1 aliphatic rings. The van der Waals surface area contributed by atoms with Crippen LogP contribution in [0.4, 0.5) is 16.2 Å². The lowest BCUT2D eigenvalue weighted by Crippen LogP contribution is -2.54. The van der Waals surface area contributed by atoms with Gasteiger partial charge in [0.1, 0.15) is 6.04 Å². The van der Waals surface area contributed by atoms with Crippen LogP contribution < -0.4 is 15.5 Å². The van der Waals surface area contributed by atoms with Crippen LogP contribution in [0.25, 0.3) is 0 Å². The molecule has 1 aliphatic heterocycles. The number of nitrogens with one attached hydrogen (secondary N) is 2. The SMILES string of the molecule is C[C@@H](NC(=O)Nc1ccccc1)C(=O)N1CCN(c2ccccc2)CC1. The number of anilines is 2. The largest absolute Gasteiger partial charge is 0.368 e. The highest BCUT2D eigenvalue weighted by atomic mass is 16.2. The minimum atomic E-state index is -0.568. The number of benzene rings is 2. The highest BCUT2D eigenvalue weighted by Crippen LogP contribution is 2.16. The van der Waals surface area contributed by atoms with E-state index in [4.69, 9.17) is 0 Å². The molecule has 2 N–H and O–H groups in total. The molecule has 2 aromatic carbocycles. The standard InChI is InChI=1S/C20H24N4O2/c1-16(21-20(26)22-17-8-4-2-5-9-17)19(25)24-14-12-23(13-15-24)18-10-6-3-7-11-18/h2-11,16H,12-15H2,1H3,(H2,21,22,26)/t16-/m1/s1. The fraction of sp³-hybridized carbons (Fsp3) is 0.300. The van der Waals surface area contributed by atoms with Crippen molar-refractivity contribution in [1.82, 2.24) is 10.2 Å². The Hall–Kier alpha value is -3.02. The lowest BCUT2D eigenvalue weighted by molar-refractivity contribution is -0.133. The minimum Gasteiger partial charge on any atom is -0.368 e. The van der Waals surface area contributed by atoms with E-state index >= 15 is 0 Å². The molecule has 1 heterocycles. The lowest BCUT2D eigenvalue weighted by atomic mass is 10.2. The maximum Gasteiger partial charge on any atom is 0.319 e. The van der Waals surface area contributed by atoms with Crippen molar-refractivity contribution in [3.63, 3.8) is 0 Å². The number of carbonyl (C=O) groups excluding carboxylic acids is 2. The molecule has 26 heavy (non-hydrogen) atoms. The van der Waals surface area contributed by atoms with Crippen molar-refractivity contribution in [1.29, 1.82) is 0 Å². The van der Waals surface area contributed by atoms with E-state index < -0.39 is 6.04 Å². The van der Waals surface area contributed by atoms with Gasteiger partial charge in [-0.2, -0.15) is 0 Å². The Morgan fingerprint density at radius 1 is 0.885 bits per heavy atom. The zero-order valence-corrected chi connectivity index (χ0v) is 14.9. The minimum absolute atomic E-state index is 0.0547. The van der Waals surface area contributed by atoms with Gasteiger partial charge < -0.3 is 20.4 Å². The summed E-state index contributed by atoms with van der Waals surface area (Å²) < 4.78 is 0. The summed E-state index contributed by atoms with van der Waals surface area (Å²) in [5.74, 6) is -0.0547. The highest BCUT2D eigenvalue weighted by molar-refractivity contribution is 5.93. The number of rotatable bonds is 4. The molecule has 0 bridgehead atoms. The lowest BCUT2D eigenvalue weighted by Gasteiger charge is -2.37. The van der Waals surface area contributed by atoms with Gasteiger partial charge in [-0.25, -0.2) is 4.79 Å². The summed E-state index contributed by atoms with van der Waals surface area (Å²) in [7, 11) is 0. The second-order valence-corrected chi connectivity index (χ2v) is 6.33. The van der Waals surface area contributed by atoms with E-state index in [9.17, 15) is 9.59 Å². The molecule has 0 radical (unpaired) electrons. The molecule has 0 saturated carbocycles. The summed E-state index contributed by atoms with van der Waals surface area (Å²) >= 11 is 0. The zero-order valence-electron chi connectivity index (χ0n) is 14.9. The Kier molecular flexibility index (Phi) is 5.73. The third-order valence-corrected chi connectivity index (χ3v) is 4.46. The van der Waals surface area contributed by atoms with E-state index in [1.54, 1.807) is 19.1 Å². The Bertz CT molecular complexity index is 728. The van der Waals surface area contributed by atoms with Crippen LogP contribution in [0.3, 0.4) is 0 Å². The van der Waals surface area contributed by atoms with Crippen LogP contribution in [-0.2, 0) is 4.79 Å². The topological polar surface area (TPSA) is 64.7 Å². The van der Waals surface area contributed by atoms with E-state index in [0.29, 0.717) is 18.8 Å². The van der Waals surface area contributed by atoms with Gasteiger partial charge in [-0.3, -0.25) is 4.79 Å². The molecule has 136 valence electrons. The van der Waals surface area contributed by atoms with Crippen molar-refractivity contribution in [3.8, 4) is 0 Å². The number of hydrogen-bond acceptors (Lipinski definition) is 3. The van der Waals surface area contributed by atoms with Crippen LogP contribution in [0.15, 0.2) is 60.7 Å². The third-order valence-electron chi connectivity index (χ3n) is 4.46. The summed E-state index contributed by atoms with van der Waals surface area (Å²) in [5, 5.41) is 5.44. The van der Waals surface area contributed by atoms with Gasteiger partial charge in [0.15, 0.2) is 0 Å². The molecule has 0 unspecified atom stereocenters. The second kappa shape index (κ2) is 8.38. The molecule has 3 rings (SSSR count). The molecule has 0 aromatic heterocycles. The Balaban J connectivity index is 1.47. The van der Waals surface area contributed by atoms with Crippen molar-refractivity contribution in [3.05, 3.63) is 60.7 Å². The van der Waals surface area contributed by atoms with Crippen LogP contribution in [0, 0.1) is 0 Å². The number of para-hydroxylation sites is 2. The van der Waals surface area contributed by atoms with Crippen molar-refractivity contribution in [2.75, 3.05) is 36.4 Å². The molecule has 1 saturated heterocycles. The van der Waals surface area contributed by atoms with E-state index in [0.717, 1.165) is 13.1 Å². The van der Waals surface area contributed by atoms with Gasteiger partial charge >= 0.3 is 6.03 Å². The molecule has 0 spiro atoms. The average molecular weight is 352 g/mol. The Morgan fingerprint density at radius 3 is 2.08 bits per heavy atom. The predicted octanol–water partition coefficient (Wildman–Crippen LogP) is 2.55. The molecule has 3 amide bonds. The monoisotopic (exact) mass is 352 g/mol. The number of amides is 3. The zero-order chi connectivity index (χ0) is 18.4. The fourth-order valence-electron chi connectivity index (χ4n) is 3.04. The van der Waals surface area contributed by atoms with Crippen LogP contribution in [-0.4, -0.2) is 49.1 Å². The smallest absolute Gasteiger partial charge is 0.319 e. The highest BCUT2D eigenvalue weighted by Gasteiger charge is 2.25. The van der Waals surface area contributed by atoms with E-state index in [-0.39, 0.29) is 11.9 Å². The molecule has 0 aliphatic carbocycles. The van der Waals surface area contributed by atoms with Crippen LogP contribution in [0.2, 0.25) is 0 Å². The number of piperazine rings is 1. The third kappa shape index (κ3) is 4.53. The van der Waals surface area contributed by atoms with Crippen molar-refractivity contribution < 1.29 is 9.59 Å². The van der Waals surface area contributed by atoms with Crippen molar-refractivity contribution >= 4 is 23.3 Å². The summed E-state index contributed by atoms with van der Waals surface area (Å²) in [5.41, 5.74) is 1.87. The molecule has 6 heteroatoms. The number of hydrogen-bond donors (Lipinski definition) is 2. The Morgan fingerprint density at radius 2 is 1.46 bits per heavy atom. The predicted molar refractivity (Wildman–Crippen MR) is 103 cm³/mol. The maximum atomic E-state index is 12.6.